The number of likely N-dealkylation sites (tertiary alicyclic amines) is 1. The molecule has 1 fully saturated rings. The van der Waals surface area contributed by atoms with E-state index >= 15 is 0 Å². The van der Waals surface area contributed by atoms with Crippen molar-refractivity contribution in [3.05, 3.63) is 35.9 Å². The van der Waals surface area contributed by atoms with Gasteiger partial charge in [-0.05, 0) is 26.3 Å². The van der Waals surface area contributed by atoms with Gasteiger partial charge in [-0.2, -0.15) is 0 Å². The Morgan fingerprint density at radius 3 is 2.48 bits per heavy atom. The molecule has 1 aromatic carbocycles. The largest absolute Gasteiger partial charge is 0.444 e. The van der Waals surface area contributed by atoms with Crippen LogP contribution in [0.5, 0.6) is 0 Å². The Bertz CT molecular complexity index is 583. The third-order valence-corrected chi connectivity index (χ3v) is 4.08. The van der Waals surface area contributed by atoms with Gasteiger partial charge in [-0.15, -0.1) is 0 Å². The molecule has 1 heterocycles. The van der Waals surface area contributed by atoms with Crippen LogP contribution in [0.1, 0.15) is 38.7 Å². The predicted molar refractivity (Wildman–Crippen MR) is 95.4 cm³/mol. The Morgan fingerprint density at radius 1 is 1.20 bits per heavy atom. The van der Waals surface area contributed by atoms with E-state index in [-0.39, 0.29) is 24.0 Å². The average molecular weight is 348 g/mol. The lowest BCUT2D eigenvalue weighted by Gasteiger charge is -2.24. The lowest BCUT2D eigenvalue weighted by Crippen LogP contribution is -2.41. The molecule has 25 heavy (non-hydrogen) atoms. The summed E-state index contributed by atoms with van der Waals surface area (Å²) in [6.07, 6.45) is -0.0388. The molecule has 1 aliphatic rings. The van der Waals surface area contributed by atoms with E-state index in [4.69, 9.17) is 9.47 Å². The molecule has 1 N–H and O–H groups in total. The van der Waals surface area contributed by atoms with Crippen molar-refractivity contribution in [2.45, 2.75) is 44.8 Å². The van der Waals surface area contributed by atoms with Crippen LogP contribution in [0.25, 0.3) is 0 Å². The van der Waals surface area contributed by atoms with Gasteiger partial charge in [0.05, 0.1) is 12.6 Å². The number of ether oxygens (including phenoxy) is 2. The second-order valence-electron chi connectivity index (χ2n) is 7.32. The number of methoxy groups -OCH3 is 1. The molecule has 0 radical (unpaired) electrons. The first kappa shape index (κ1) is 19.2. The van der Waals surface area contributed by atoms with Gasteiger partial charge in [0.1, 0.15) is 5.60 Å². The smallest absolute Gasteiger partial charge is 0.410 e. The van der Waals surface area contributed by atoms with Crippen LogP contribution in [0.2, 0.25) is 0 Å². The average Bonchev–Trinajstić information content (AvgIpc) is 2.96. The number of hydrogen-bond donors (Lipinski definition) is 1. The maximum absolute atomic E-state index is 12.4. The molecule has 1 aromatic rings. The van der Waals surface area contributed by atoms with Gasteiger partial charge in [-0.25, -0.2) is 4.79 Å². The third-order valence-electron chi connectivity index (χ3n) is 4.08. The zero-order chi connectivity index (χ0) is 18.4. The number of carbonyl (C=O) groups is 2. The molecule has 2 rings (SSSR count). The van der Waals surface area contributed by atoms with Crippen LogP contribution in [0.4, 0.5) is 4.79 Å². The summed E-state index contributed by atoms with van der Waals surface area (Å²) in [6, 6.07) is 9.80. The number of rotatable bonds is 5. The van der Waals surface area contributed by atoms with Gasteiger partial charge in [0.15, 0.2) is 0 Å². The first-order valence-electron chi connectivity index (χ1n) is 8.61. The van der Waals surface area contributed by atoms with Crippen LogP contribution in [-0.2, 0) is 14.3 Å². The van der Waals surface area contributed by atoms with Gasteiger partial charge in [-0.3, -0.25) is 4.79 Å². The minimum Gasteiger partial charge on any atom is -0.444 e. The molecule has 0 saturated carbocycles. The predicted octanol–water partition coefficient (Wildman–Crippen LogP) is 2.54. The van der Waals surface area contributed by atoms with Crippen molar-refractivity contribution < 1.29 is 19.1 Å². The number of nitrogens with zero attached hydrogens (tertiary/aromatic N) is 1. The Morgan fingerprint density at radius 2 is 1.88 bits per heavy atom. The summed E-state index contributed by atoms with van der Waals surface area (Å²) in [5, 5.41) is 3.04. The molecule has 1 aliphatic heterocycles. The molecule has 0 unspecified atom stereocenters. The van der Waals surface area contributed by atoms with Crippen molar-refractivity contribution in [3.8, 4) is 0 Å². The Balaban J connectivity index is 2.10. The van der Waals surface area contributed by atoms with Gasteiger partial charge in [0.25, 0.3) is 0 Å². The van der Waals surface area contributed by atoms with Crippen molar-refractivity contribution in [2.24, 2.45) is 0 Å². The molecule has 0 aromatic heterocycles. The van der Waals surface area contributed by atoms with Crippen LogP contribution in [0.15, 0.2) is 30.3 Å². The molecule has 6 nitrogen and oxygen atoms in total. The molecule has 0 aliphatic carbocycles. The second-order valence-corrected chi connectivity index (χ2v) is 7.32. The zero-order valence-corrected chi connectivity index (χ0v) is 15.5. The first-order chi connectivity index (χ1) is 11.8. The molecule has 6 heteroatoms. The third kappa shape index (κ3) is 5.74. The van der Waals surface area contributed by atoms with Crippen LogP contribution in [0, 0.1) is 0 Å². The minimum atomic E-state index is -0.543. The molecule has 0 spiro atoms. The van der Waals surface area contributed by atoms with Gasteiger partial charge in [0, 0.05) is 32.5 Å². The fourth-order valence-corrected chi connectivity index (χ4v) is 2.94. The van der Waals surface area contributed by atoms with E-state index in [2.05, 4.69) is 5.32 Å². The highest BCUT2D eigenvalue weighted by molar-refractivity contribution is 5.77. The highest BCUT2D eigenvalue weighted by atomic mass is 16.6. The van der Waals surface area contributed by atoms with E-state index in [9.17, 15) is 9.59 Å². The molecule has 1 saturated heterocycles. The van der Waals surface area contributed by atoms with Crippen LogP contribution >= 0.6 is 0 Å². The van der Waals surface area contributed by atoms with E-state index in [0.29, 0.717) is 26.1 Å². The molecule has 138 valence electrons. The first-order valence-corrected chi connectivity index (χ1v) is 8.61. The van der Waals surface area contributed by atoms with Crippen molar-refractivity contribution in [1.82, 2.24) is 10.2 Å². The van der Waals surface area contributed by atoms with Gasteiger partial charge >= 0.3 is 6.09 Å². The fourth-order valence-electron chi connectivity index (χ4n) is 2.94. The summed E-state index contributed by atoms with van der Waals surface area (Å²) in [5.74, 6) is -0.0287. The Kier molecular flexibility index (Phi) is 6.42. The lowest BCUT2D eigenvalue weighted by atomic mass is 9.94. The summed E-state index contributed by atoms with van der Waals surface area (Å²) in [7, 11) is 1.57. The molecule has 2 amide bonds. The standard InChI is InChI=1S/C19H28N2O4/c1-19(2,3)25-18(23)21-12-15(14-8-6-5-7-9-14)16(13-21)20-17(22)10-11-24-4/h5-9,15-16H,10-13H2,1-4H3,(H,20,22)/t15-,16+/m0/s1. The Hall–Kier alpha value is -2.08. The fraction of sp³-hybridized carbons (Fsp3) is 0.579. The normalized spacial score (nSPS) is 20.4. The quantitative estimate of drug-likeness (QED) is 0.888. The maximum atomic E-state index is 12.4. The number of carbonyl (C=O) groups excluding carboxylic acids is 2. The van der Waals surface area contributed by atoms with E-state index in [0.717, 1.165) is 5.56 Å². The lowest BCUT2D eigenvalue weighted by molar-refractivity contribution is -0.122. The van der Waals surface area contributed by atoms with Gasteiger partial charge < -0.3 is 19.7 Å². The number of hydrogen-bond acceptors (Lipinski definition) is 4. The van der Waals surface area contributed by atoms with Crippen molar-refractivity contribution in [1.29, 1.82) is 0 Å². The number of nitrogens with one attached hydrogen (secondary N) is 1. The number of benzene rings is 1. The SMILES string of the molecule is COCCC(=O)N[C@@H]1CN(C(=O)OC(C)(C)C)C[C@H]1c1ccccc1. The van der Waals surface area contributed by atoms with E-state index in [1.165, 1.54) is 0 Å². The minimum absolute atomic E-state index is 0.0419. The van der Waals surface area contributed by atoms with Crippen molar-refractivity contribution in [2.75, 3.05) is 26.8 Å². The van der Waals surface area contributed by atoms with Crippen LogP contribution < -0.4 is 5.32 Å². The molecule has 0 bridgehead atoms. The topological polar surface area (TPSA) is 67.9 Å². The number of amides is 2. The summed E-state index contributed by atoms with van der Waals surface area (Å²) in [5.41, 5.74) is 0.560. The molecular weight excluding hydrogens is 320 g/mol. The Labute approximate surface area is 149 Å². The summed E-state index contributed by atoms with van der Waals surface area (Å²) in [4.78, 5) is 26.2. The molecule has 2 atom stereocenters. The summed E-state index contributed by atoms with van der Waals surface area (Å²) in [6.45, 7) is 6.88. The molecular formula is C19H28N2O4. The van der Waals surface area contributed by atoms with Crippen LogP contribution in [-0.4, -0.2) is 55.3 Å². The summed E-state index contributed by atoms with van der Waals surface area (Å²) < 4.78 is 10.4. The van der Waals surface area contributed by atoms with Crippen molar-refractivity contribution in [3.63, 3.8) is 0 Å². The van der Waals surface area contributed by atoms with Crippen molar-refractivity contribution >= 4 is 12.0 Å². The van der Waals surface area contributed by atoms with E-state index in [1.807, 2.05) is 51.1 Å². The van der Waals surface area contributed by atoms with E-state index in [1.54, 1.807) is 12.0 Å². The highest BCUT2D eigenvalue weighted by Crippen LogP contribution is 2.29. The van der Waals surface area contributed by atoms with Gasteiger partial charge in [-0.1, -0.05) is 30.3 Å². The zero-order valence-electron chi connectivity index (χ0n) is 15.5. The van der Waals surface area contributed by atoms with Gasteiger partial charge in [0.2, 0.25) is 5.91 Å². The second kappa shape index (κ2) is 8.34. The monoisotopic (exact) mass is 348 g/mol. The van der Waals surface area contributed by atoms with Crippen LogP contribution in [0.3, 0.4) is 0 Å². The highest BCUT2D eigenvalue weighted by Gasteiger charge is 2.38. The summed E-state index contributed by atoms with van der Waals surface area (Å²) >= 11 is 0. The van der Waals surface area contributed by atoms with E-state index < -0.39 is 5.60 Å². The maximum Gasteiger partial charge on any atom is 0.410 e.